The molecule has 2 heterocycles. The first-order chi connectivity index (χ1) is 12.5. The predicted molar refractivity (Wildman–Crippen MR) is 92.5 cm³/mol. The van der Waals surface area contributed by atoms with Crippen LogP contribution in [-0.4, -0.2) is 42.5 Å². The van der Waals surface area contributed by atoms with E-state index in [0.29, 0.717) is 11.4 Å². The van der Waals surface area contributed by atoms with Crippen molar-refractivity contribution in [2.75, 3.05) is 26.1 Å². The van der Waals surface area contributed by atoms with Gasteiger partial charge < -0.3 is 19.5 Å². The fraction of sp³-hybridized carbons (Fsp3) is 0.235. The van der Waals surface area contributed by atoms with Crippen molar-refractivity contribution in [2.45, 2.75) is 6.54 Å². The Morgan fingerprint density at radius 1 is 1.38 bits per heavy atom. The number of hydrogen-bond donors (Lipinski definition) is 2. The second kappa shape index (κ2) is 7.26. The zero-order valence-corrected chi connectivity index (χ0v) is 14.5. The van der Waals surface area contributed by atoms with Crippen molar-refractivity contribution >= 4 is 11.7 Å². The summed E-state index contributed by atoms with van der Waals surface area (Å²) in [6, 6.07) is 5.97. The van der Waals surface area contributed by atoms with Crippen LogP contribution in [0, 0.1) is 5.82 Å². The third kappa shape index (κ3) is 3.37. The number of carbonyl (C=O) groups excluding carboxylic acids is 1. The van der Waals surface area contributed by atoms with Gasteiger partial charge in [-0.3, -0.25) is 9.89 Å². The number of halogens is 1. The van der Waals surface area contributed by atoms with Crippen molar-refractivity contribution < 1.29 is 18.4 Å². The molecule has 0 atom stereocenters. The minimum atomic E-state index is -0.506. The minimum absolute atomic E-state index is 0.0501. The quantitative estimate of drug-likeness (QED) is 0.700. The number of aromatic nitrogens is 3. The van der Waals surface area contributed by atoms with Crippen LogP contribution in [0.25, 0.3) is 11.3 Å². The van der Waals surface area contributed by atoms with Crippen LogP contribution in [0.2, 0.25) is 0 Å². The zero-order chi connectivity index (χ0) is 18.7. The Hall–Kier alpha value is -3.36. The fourth-order valence-electron chi connectivity index (χ4n) is 2.44. The van der Waals surface area contributed by atoms with Crippen LogP contribution in [0.15, 0.2) is 35.0 Å². The Morgan fingerprint density at radius 2 is 2.19 bits per heavy atom. The molecule has 3 rings (SSSR count). The molecule has 0 saturated heterocycles. The molecular formula is C17H18FN5O3. The van der Waals surface area contributed by atoms with Gasteiger partial charge >= 0.3 is 0 Å². The highest BCUT2D eigenvalue weighted by molar-refractivity contribution is 6.04. The van der Waals surface area contributed by atoms with E-state index in [2.05, 4.69) is 20.7 Å². The number of H-pyrrole nitrogens is 1. The third-order valence-corrected chi connectivity index (χ3v) is 3.74. The topological polar surface area (TPSA) is 96.3 Å². The van der Waals surface area contributed by atoms with E-state index < -0.39 is 5.82 Å². The molecular weight excluding hydrogens is 341 g/mol. The average Bonchev–Trinajstić information content (AvgIpc) is 3.29. The molecule has 136 valence electrons. The van der Waals surface area contributed by atoms with Crippen LogP contribution in [0.4, 0.5) is 10.2 Å². The number of anilines is 1. The van der Waals surface area contributed by atoms with E-state index >= 15 is 0 Å². The van der Waals surface area contributed by atoms with Gasteiger partial charge in [0, 0.05) is 25.9 Å². The minimum Gasteiger partial charge on any atom is -0.494 e. The van der Waals surface area contributed by atoms with Crippen LogP contribution in [0.1, 0.15) is 16.1 Å². The van der Waals surface area contributed by atoms with Crippen LogP contribution >= 0.6 is 0 Å². The summed E-state index contributed by atoms with van der Waals surface area (Å²) in [5.74, 6) is -0.231. The van der Waals surface area contributed by atoms with Gasteiger partial charge in [-0.1, -0.05) is 5.16 Å². The molecule has 0 bridgehead atoms. The van der Waals surface area contributed by atoms with Crippen molar-refractivity contribution in [3.05, 3.63) is 47.5 Å². The number of nitrogens with zero attached hydrogens (tertiary/aromatic N) is 3. The van der Waals surface area contributed by atoms with E-state index in [1.807, 2.05) is 0 Å². The van der Waals surface area contributed by atoms with Crippen LogP contribution in [-0.2, 0) is 6.54 Å². The Kier molecular flexibility index (Phi) is 4.87. The van der Waals surface area contributed by atoms with Gasteiger partial charge in [-0.25, -0.2) is 4.39 Å². The third-order valence-electron chi connectivity index (χ3n) is 3.74. The number of aromatic amines is 1. The molecule has 1 aromatic carbocycles. The second-order valence-corrected chi connectivity index (χ2v) is 5.72. The first kappa shape index (κ1) is 17.5. The largest absolute Gasteiger partial charge is 0.494 e. The molecule has 2 aromatic heterocycles. The lowest BCUT2D eigenvalue weighted by Crippen LogP contribution is -2.25. The van der Waals surface area contributed by atoms with Crippen LogP contribution < -0.4 is 15.0 Å². The SMILES string of the molecule is COc1cc(-c2onc(N(C)C)c2C(=O)NCc2ccn[nH]2)ccc1F. The summed E-state index contributed by atoms with van der Waals surface area (Å²) in [5, 5.41) is 13.4. The molecule has 26 heavy (non-hydrogen) atoms. The van der Waals surface area contributed by atoms with Crippen molar-refractivity contribution in [1.29, 1.82) is 0 Å². The molecule has 0 aliphatic heterocycles. The van der Waals surface area contributed by atoms with Gasteiger partial charge in [-0.2, -0.15) is 5.10 Å². The van der Waals surface area contributed by atoms with Crippen molar-refractivity contribution in [1.82, 2.24) is 20.7 Å². The number of hydrogen-bond acceptors (Lipinski definition) is 6. The van der Waals surface area contributed by atoms with Crippen LogP contribution in [0.5, 0.6) is 5.75 Å². The first-order valence-electron chi connectivity index (χ1n) is 7.78. The summed E-state index contributed by atoms with van der Waals surface area (Å²) >= 11 is 0. The number of methoxy groups -OCH3 is 1. The van der Waals surface area contributed by atoms with Gasteiger partial charge in [0.2, 0.25) is 0 Å². The molecule has 2 N–H and O–H groups in total. The van der Waals surface area contributed by atoms with E-state index in [4.69, 9.17) is 9.26 Å². The fourth-order valence-corrected chi connectivity index (χ4v) is 2.44. The Morgan fingerprint density at radius 3 is 2.85 bits per heavy atom. The maximum atomic E-state index is 13.7. The number of rotatable bonds is 6. The lowest BCUT2D eigenvalue weighted by Gasteiger charge is -2.11. The van der Waals surface area contributed by atoms with Crippen molar-refractivity contribution in [3.63, 3.8) is 0 Å². The number of ether oxygens (including phenoxy) is 1. The maximum absolute atomic E-state index is 13.7. The highest BCUT2D eigenvalue weighted by atomic mass is 19.1. The Balaban J connectivity index is 1.97. The Labute approximate surface area is 148 Å². The number of nitrogens with one attached hydrogen (secondary N) is 2. The molecule has 0 aliphatic carbocycles. The van der Waals surface area contributed by atoms with Crippen molar-refractivity contribution in [3.8, 4) is 17.1 Å². The van der Waals surface area contributed by atoms with Gasteiger partial charge in [0.25, 0.3) is 5.91 Å². The van der Waals surface area contributed by atoms with Crippen molar-refractivity contribution in [2.24, 2.45) is 0 Å². The summed E-state index contributed by atoms with van der Waals surface area (Å²) in [6.07, 6.45) is 1.60. The van der Waals surface area contributed by atoms with E-state index in [9.17, 15) is 9.18 Å². The molecule has 0 aliphatic rings. The monoisotopic (exact) mass is 359 g/mol. The van der Waals surface area contributed by atoms with Crippen LogP contribution in [0.3, 0.4) is 0 Å². The normalized spacial score (nSPS) is 10.6. The summed E-state index contributed by atoms with van der Waals surface area (Å²) < 4.78 is 24.1. The maximum Gasteiger partial charge on any atom is 0.259 e. The van der Waals surface area contributed by atoms with E-state index in [1.54, 1.807) is 31.3 Å². The zero-order valence-electron chi connectivity index (χ0n) is 14.5. The van der Waals surface area contributed by atoms with E-state index in [0.717, 1.165) is 5.69 Å². The van der Waals surface area contributed by atoms with E-state index in [-0.39, 0.29) is 29.5 Å². The van der Waals surface area contributed by atoms with Gasteiger partial charge in [0.1, 0.15) is 5.56 Å². The van der Waals surface area contributed by atoms with E-state index in [1.165, 1.54) is 25.3 Å². The van der Waals surface area contributed by atoms with Gasteiger partial charge in [0.15, 0.2) is 23.1 Å². The molecule has 0 spiro atoms. The molecule has 0 radical (unpaired) electrons. The number of amides is 1. The number of benzene rings is 1. The highest BCUT2D eigenvalue weighted by Crippen LogP contribution is 2.33. The lowest BCUT2D eigenvalue weighted by molar-refractivity contribution is 0.0951. The highest BCUT2D eigenvalue weighted by Gasteiger charge is 2.26. The van der Waals surface area contributed by atoms with Gasteiger partial charge in [-0.05, 0) is 24.3 Å². The average molecular weight is 359 g/mol. The number of carbonyl (C=O) groups is 1. The standard InChI is InChI=1S/C17H18FN5O3/c1-23(2)16-14(17(24)19-9-11-6-7-20-21-11)15(26-22-16)10-4-5-12(18)13(8-10)25-3/h4-8H,9H2,1-3H3,(H,19,24)(H,20,21). The van der Waals surface area contributed by atoms with Gasteiger partial charge in [-0.15, -0.1) is 0 Å². The Bertz CT molecular complexity index is 905. The summed E-state index contributed by atoms with van der Waals surface area (Å²) in [4.78, 5) is 14.4. The summed E-state index contributed by atoms with van der Waals surface area (Å²) in [5.41, 5.74) is 1.49. The molecule has 9 heteroatoms. The molecule has 0 fully saturated rings. The predicted octanol–water partition coefficient (Wildman–Crippen LogP) is 2.21. The molecule has 0 saturated carbocycles. The summed E-state index contributed by atoms with van der Waals surface area (Å²) in [6.45, 7) is 0.267. The second-order valence-electron chi connectivity index (χ2n) is 5.72. The lowest BCUT2D eigenvalue weighted by atomic mass is 10.1. The van der Waals surface area contributed by atoms with Gasteiger partial charge in [0.05, 0.1) is 19.3 Å². The summed E-state index contributed by atoms with van der Waals surface area (Å²) in [7, 11) is 4.86. The molecule has 3 aromatic rings. The smallest absolute Gasteiger partial charge is 0.259 e. The molecule has 0 unspecified atom stereocenters. The molecule has 8 nitrogen and oxygen atoms in total. The first-order valence-corrected chi connectivity index (χ1v) is 7.78. The molecule has 1 amide bonds.